The zero-order valence-electron chi connectivity index (χ0n) is 7.66. The molecule has 70 valence electrons. The predicted octanol–water partition coefficient (Wildman–Crippen LogP) is 1.80. The Hall–Kier alpha value is -0.770. The first-order valence-electron chi connectivity index (χ1n) is 4.42. The van der Waals surface area contributed by atoms with Crippen LogP contribution in [0.2, 0.25) is 0 Å². The first-order valence-corrected chi connectivity index (χ1v) is 5.81. The van der Waals surface area contributed by atoms with E-state index in [4.69, 9.17) is 5.73 Å². The highest BCUT2D eigenvalue weighted by Gasteiger charge is 2.25. The molecule has 0 spiro atoms. The molecule has 13 heavy (non-hydrogen) atoms. The van der Waals surface area contributed by atoms with Gasteiger partial charge in [-0.2, -0.15) is 11.8 Å². The van der Waals surface area contributed by atoms with Gasteiger partial charge in [-0.3, -0.25) is 0 Å². The largest absolute Gasteiger partial charge is 0.384 e. The molecular weight excluding hydrogens is 182 g/mol. The molecule has 0 atom stereocenters. The summed E-state index contributed by atoms with van der Waals surface area (Å²) in [6, 6.07) is 1.90. The Bertz CT molecular complexity index is 310. The number of hydrogen-bond donors (Lipinski definition) is 1. The van der Waals surface area contributed by atoms with Gasteiger partial charge in [0.05, 0.1) is 5.75 Å². The van der Waals surface area contributed by atoms with Crippen LogP contribution >= 0.6 is 11.8 Å². The number of rotatable bonds is 3. The van der Waals surface area contributed by atoms with Crippen molar-refractivity contribution in [1.82, 2.24) is 9.97 Å². The zero-order valence-corrected chi connectivity index (χ0v) is 8.47. The molecule has 0 aliphatic heterocycles. The number of aromatic nitrogens is 2. The minimum Gasteiger partial charge on any atom is -0.384 e. The summed E-state index contributed by atoms with van der Waals surface area (Å²) in [5.41, 5.74) is 6.83. The molecule has 0 amide bonds. The Morgan fingerprint density at radius 1 is 1.54 bits per heavy atom. The molecule has 0 aromatic carbocycles. The molecule has 0 unspecified atom stereocenters. The van der Waals surface area contributed by atoms with Gasteiger partial charge in [0.2, 0.25) is 0 Å². The molecule has 1 aromatic rings. The fourth-order valence-corrected chi connectivity index (χ4v) is 1.71. The molecule has 1 saturated carbocycles. The molecule has 3 nitrogen and oxygen atoms in total. The van der Waals surface area contributed by atoms with E-state index in [1.807, 2.05) is 12.3 Å². The lowest BCUT2D eigenvalue weighted by molar-refractivity contribution is 0.938. The Morgan fingerprint density at radius 2 is 2.31 bits per heavy atom. The number of nitrogen functional groups attached to an aromatic ring is 1. The number of hydrogen-bond acceptors (Lipinski definition) is 4. The van der Waals surface area contributed by atoms with Crippen LogP contribution in [0.4, 0.5) is 5.82 Å². The van der Waals surface area contributed by atoms with Gasteiger partial charge in [-0.1, -0.05) is 0 Å². The highest BCUT2D eigenvalue weighted by Crippen LogP contribution is 2.39. The van der Waals surface area contributed by atoms with Crippen LogP contribution in [0.25, 0.3) is 0 Å². The number of nitrogens with two attached hydrogens (primary N) is 1. The van der Waals surface area contributed by atoms with Crippen molar-refractivity contribution in [1.29, 1.82) is 0 Å². The first-order chi connectivity index (χ1) is 6.29. The summed E-state index contributed by atoms with van der Waals surface area (Å²) >= 11 is 1.72. The van der Waals surface area contributed by atoms with Crippen molar-refractivity contribution in [3.63, 3.8) is 0 Å². The van der Waals surface area contributed by atoms with Crippen molar-refractivity contribution >= 4 is 17.6 Å². The van der Waals surface area contributed by atoms with E-state index in [0.717, 1.165) is 17.3 Å². The molecule has 1 aromatic heterocycles. The quantitative estimate of drug-likeness (QED) is 0.799. The molecule has 1 heterocycles. The summed E-state index contributed by atoms with van der Waals surface area (Å²) in [5, 5.41) is 0. The Labute approximate surface area is 82.2 Å². The van der Waals surface area contributed by atoms with Crippen molar-refractivity contribution in [3.05, 3.63) is 17.6 Å². The van der Waals surface area contributed by atoms with Crippen molar-refractivity contribution in [2.75, 3.05) is 12.0 Å². The molecule has 0 bridgehead atoms. The predicted molar refractivity (Wildman–Crippen MR) is 55.6 cm³/mol. The number of nitrogens with zero attached hydrogens (tertiary/aromatic N) is 2. The summed E-state index contributed by atoms with van der Waals surface area (Å²) < 4.78 is 0. The molecule has 4 heteroatoms. The van der Waals surface area contributed by atoms with Gasteiger partial charge in [0, 0.05) is 17.7 Å². The van der Waals surface area contributed by atoms with E-state index in [9.17, 15) is 0 Å². The van der Waals surface area contributed by atoms with E-state index in [0.29, 0.717) is 11.7 Å². The minimum absolute atomic E-state index is 0.612. The van der Waals surface area contributed by atoms with E-state index in [2.05, 4.69) is 9.97 Å². The van der Waals surface area contributed by atoms with E-state index in [-0.39, 0.29) is 0 Å². The second kappa shape index (κ2) is 3.54. The molecule has 1 fully saturated rings. The van der Waals surface area contributed by atoms with Gasteiger partial charge < -0.3 is 5.73 Å². The normalized spacial score (nSPS) is 16.1. The van der Waals surface area contributed by atoms with Gasteiger partial charge in [0.25, 0.3) is 0 Å². The third-order valence-corrected chi connectivity index (χ3v) is 2.63. The molecule has 0 saturated heterocycles. The topological polar surface area (TPSA) is 51.8 Å². The molecule has 2 rings (SSSR count). The summed E-state index contributed by atoms with van der Waals surface area (Å²) in [6.45, 7) is 0. The van der Waals surface area contributed by atoms with Crippen LogP contribution in [-0.2, 0) is 5.75 Å². The van der Waals surface area contributed by atoms with Crippen LogP contribution in [0.3, 0.4) is 0 Å². The van der Waals surface area contributed by atoms with Crippen molar-refractivity contribution in [3.8, 4) is 0 Å². The van der Waals surface area contributed by atoms with E-state index in [1.165, 1.54) is 12.8 Å². The smallest absolute Gasteiger partial charge is 0.140 e. The van der Waals surface area contributed by atoms with E-state index >= 15 is 0 Å². The second-order valence-electron chi connectivity index (χ2n) is 3.34. The molecular formula is C9H13N3S. The van der Waals surface area contributed by atoms with Crippen molar-refractivity contribution in [2.45, 2.75) is 24.5 Å². The maximum Gasteiger partial charge on any atom is 0.140 e. The molecule has 1 aliphatic rings. The number of thioether (sulfide) groups is 1. The SMILES string of the molecule is CSCc1nc(N)cc(C2CC2)n1. The Balaban J connectivity index is 2.25. The monoisotopic (exact) mass is 195 g/mol. The van der Waals surface area contributed by atoms with Crippen molar-refractivity contribution < 1.29 is 0 Å². The van der Waals surface area contributed by atoms with E-state index < -0.39 is 0 Å². The maximum atomic E-state index is 5.69. The van der Waals surface area contributed by atoms with Crippen LogP contribution in [0, 0.1) is 0 Å². The summed E-state index contributed by atoms with van der Waals surface area (Å²) in [5.74, 6) is 2.99. The molecule has 0 radical (unpaired) electrons. The summed E-state index contributed by atoms with van der Waals surface area (Å²) in [7, 11) is 0. The second-order valence-corrected chi connectivity index (χ2v) is 4.21. The van der Waals surface area contributed by atoms with Crippen LogP contribution in [0.1, 0.15) is 30.3 Å². The van der Waals surface area contributed by atoms with Crippen LogP contribution in [0.5, 0.6) is 0 Å². The third-order valence-electron chi connectivity index (χ3n) is 2.08. The lowest BCUT2D eigenvalue weighted by Gasteiger charge is -2.02. The highest BCUT2D eigenvalue weighted by molar-refractivity contribution is 7.97. The lowest BCUT2D eigenvalue weighted by atomic mass is 10.3. The fraction of sp³-hybridized carbons (Fsp3) is 0.556. The number of anilines is 1. The van der Waals surface area contributed by atoms with Gasteiger partial charge in [0.1, 0.15) is 11.6 Å². The maximum absolute atomic E-state index is 5.69. The Kier molecular flexibility index (Phi) is 2.40. The van der Waals surface area contributed by atoms with Gasteiger partial charge in [-0.05, 0) is 19.1 Å². The van der Waals surface area contributed by atoms with Crippen LogP contribution in [-0.4, -0.2) is 16.2 Å². The van der Waals surface area contributed by atoms with Gasteiger partial charge in [0.15, 0.2) is 0 Å². The van der Waals surface area contributed by atoms with E-state index in [1.54, 1.807) is 11.8 Å². The Morgan fingerprint density at radius 3 is 2.92 bits per heavy atom. The highest BCUT2D eigenvalue weighted by atomic mass is 32.2. The average molecular weight is 195 g/mol. The van der Waals surface area contributed by atoms with Crippen LogP contribution < -0.4 is 5.73 Å². The standard InChI is InChI=1S/C9H13N3S/c1-13-5-9-11-7(6-2-3-6)4-8(10)12-9/h4,6H,2-3,5H2,1H3,(H2,10,11,12). The molecule has 1 aliphatic carbocycles. The summed E-state index contributed by atoms with van der Waals surface area (Å²) in [6.07, 6.45) is 4.56. The third kappa shape index (κ3) is 2.12. The average Bonchev–Trinajstić information content (AvgIpc) is 2.85. The van der Waals surface area contributed by atoms with Gasteiger partial charge >= 0.3 is 0 Å². The first kappa shape index (κ1) is 8.81. The van der Waals surface area contributed by atoms with Crippen LogP contribution in [0.15, 0.2) is 6.07 Å². The van der Waals surface area contributed by atoms with Gasteiger partial charge in [-0.25, -0.2) is 9.97 Å². The zero-order chi connectivity index (χ0) is 9.26. The minimum atomic E-state index is 0.612. The van der Waals surface area contributed by atoms with Gasteiger partial charge in [-0.15, -0.1) is 0 Å². The van der Waals surface area contributed by atoms with Crippen molar-refractivity contribution in [2.24, 2.45) is 0 Å². The lowest BCUT2D eigenvalue weighted by Crippen LogP contribution is -2.01. The molecule has 2 N–H and O–H groups in total. The summed E-state index contributed by atoms with van der Waals surface area (Å²) in [4.78, 5) is 8.65. The fourth-order valence-electron chi connectivity index (χ4n) is 1.32.